The van der Waals surface area contributed by atoms with Crippen molar-refractivity contribution in [2.45, 2.75) is 25.4 Å². The molecule has 1 atom stereocenters. The molecular formula is C13H19N3O3S. The Morgan fingerprint density at radius 2 is 2.05 bits per heavy atom. The van der Waals surface area contributed by atoms with Crippen molar-refractivity contribution < 1.29 is 13.2 Å². The zero-order valence-corrected chi connectivity index (χ0v) is 12.2. The van der Waals surface area contributed by atoms with Gasteiger partial charge in [0.2, 0.25) is 5.91 Å². The highest BCUT2D eigenvalue weighted by Crippen LogP contribution is 2.09. The van der Waals surface area contributed by atoms with Crippen molar-refractivity contribution >= 4 is 16.1 Å². The van der Waals surface area contributed by atoms with E-state index in [1.165, 1.54) is 11.4 Å². The van der Waals surface area contributed by atoms with Gasteiger partial charge in [0.05, 0.1) is 0 Å². The fourth-order valence-corrected chi connectivity index (χ4v) is 3.18. The number of rotatable bonds is 5. The van der Waals surface area contributed by atoms with E-state index >= 15 is 0 Å². The number of benzene rings is 1. The Labute approximate surface area is 119 Å². The van der Waals surface area contributed by atoms with Crippen molar-refractivity contribution in [3.05, 3.63) is 35.9 Å². The second kappa shape index (κ2) is 6.34. The van der Waals surface area contributed by atoms with Crippen molar-refractivity contribution in [3.63, 3.8) is 0 Å². The molecule has 2 rings (SSSR count). The highest BCUT2D eigenvalue weighted by atomic mass is 32.2. The predicted molar refractivity (Wildman–Crippen MR) is 76.0 cm³/mol. The highest BCUT2D eigenvalue weighted by molar-refractivity contribution is 7.87. The van der Waals surface area contributed by atoms with Gasteiger partial charge >= 0.3 is 0 Å². The molecule has 0 spiro atoms. The molecule has 1 amide bonds. The third kappa shape index (κ3) is 4.03. The number of piperidine rings is 1. The Kier molecular flexibility index (Phi) is 4.74. The smallest absolute Gasteiger partial charge is 0.279 e. The van der Waals surface area contributed by atoms with Crippen LogP contribution in [0.2, 0.25) is 0 Å². The summed E-state index contributed by atoms with van der Waals surface area (Å²) < 4.78 is 28.3. The topological polar surface area (TPSA) is 78.5 Å². The first kappa shape index (κ1) is 15.0. The monoisotopic (exact) mass is 297 g/mol. The third-order valence-corrected chi connectivity index (χ3v) is 4.82. The van der Waals surface area contributed by atoms with Crippen molar-refractivity contribution in [2.24, 2.45) is 0 Å². The fraction of sp³-hybridized carbons (Fsp3) is 0.462. The molecule has 1 aliphatic rings. The molecule has 0 saturated carbocycles. The lowest BCUT2D eigenvalue weighted by Gasteiger charge is -2.26. The first-order valence-electron chi connectivity index (χ1n) is 6.51. The van der Waals surface area contributed by atoms with Crippen LogP contribution in [0, 0.1) is 0 Å². The molecule has 0 aromatic heterocycles. The van der Waals surface area contributed by atoms with E-state index in [4.69, 9.17) is 0 Å². The van der Waals surface area contributed by atoms with Gasteiger partial charge in [-0.2, -0.15) is 17.4 Å². The average molecular weight is 297 g/mol. The van der Waals surface area contributed by atoms with Gasteiger partial charge < -0.3 is 5.32 Å². The summed E-state index contributed by atoms with van der Waals surface area (Å²) in [7, 11) is -2.01. The molecule has 0 radical (unpaired) electrons. The molecule has 1 heterocycles. The van der Waals surface area contributed by atoms with Crippen LogP contribution in [-0.2, 0) is 21.5 Å². The number of nitrogens with zero attached hydrogens (tertiary/aromatic N) is 1. The van der Waals surface area contributed by atoms with E-state index in [0.29, 0.717) is 25.9 Å². The summed E-state index contributed by atoms with van der Waals surface area (Å²) in [5.74, 6) is -0.0295. The molecule has 20 heavy (non-hydrogen) atoms. The Morgan fingerprint density at radius 1 is 1.35 bits per heavy atom. The van der Waals surface area contributed by atoms with Crippen LogP contribution in [0.25, 0.3) is 0 Å². The van der Waals surface area contributed by atoms with Gasteiger partial charge in [0.1, 0.15) is 0 Å². The summed E-state index contributed by atoms with van der Waals surface area (Å²) in [6, 6.07) is 9.16. The first-order chi connectivity index (χ1) is 9.47. The fourth-order valence-electron chi connectivity index (χ4n) is 2.06. The summed E-state index contributed by atoms with van der Waals surface area (Å²) in [5, 5.41) is 2.66. The zero-order chi connectivity index (χ0) is 14.6. The molecule has 110 valence electrons. The minimum atomic E-state index is -3.54. The Balaban J connectivity index is 1.94. The van der Waals surface area contributed by atoms with Crippen LogP contribution in [-0.4, -0.2) is 38.3 Å². The Hall–Kier alpha value is -1.44. The van der Waals surface area contributed by atoms with Gasteiger partial charge in [-0.1, -0.05) is 30.3 Å². The normalized spacial score (nSPS) is 19.9. The van der Waals surface area contributed by atoms with Gasteiger partial charge in [-0.15, -0.1) is 0 Å². The summed E-state index contributed by atoms with van der Waals surface area (Å²) >= 11 is 0. The minimum Gasteiger partial charge on any atom is -0.355 e. The summed E-state index contributed by atoms with van der Waals surface area (Å²) in [6.45, 7) is 0.659. The summed E-state index contributed by atoms with van der Waals surface area (Å²) in [4.78, 5) is 11.1. The van der Waals surface area contributed by atoms with Crippen LogP contribution in [0.3, 0.4) is 0 Å². The van der Waals surface area contributed by atoms with Crippen molar-refractivity contribution in [1.82, 2.24) is 14.3 Å². The van der Waals surface area contributed by atoms with Gasteiger partial charge in [-0.05, 0) is 12.0 Å². The van der Waals surface area contributed by atoms with E-state index in [0.717, 1.165) is 5.56 Å². The van der Waals surface area contributed by atoms with Gasteiger partial charge in [0.25, 0.3) is 10.2 Å². The van der Waals surface area contributed by atoms with Crippen molar-refractivity contribution in [3.8, 4) is 0 Å². The maximum Gasteiger partial charge on any atom is 0.279 e. The van der Waals surface area contributed by atoms with Crippen molar-refractivity contribution in [1.29, 1.82) is 0 Å². The number of carbonyl (C=O) groups is 1. The largest absolute Gasteiger partial charge is 0.355 e. The molecule has 1 fully saturated rings. The number of hydrogen-bond acceptors (Lipinski definition) is 3. The van der Waals surface area contributed by atoms with E-state index in [-0.39, 0.29) is 11.9 Å². The summed E-state index contributed by atoms with van der Waals surface area (Å²) in [6.07, 6.45) is 0.889. The molecule has 6 nitrogen and oxygen atoms in total. The zero-order valence-electron chi connectivity index (χ0n) is 11.4. The number of carbonyl (C=O) groups excluding carboxylic acids is 1. The van der Waals surface area contributed by atoms with E-state index in [1.807, 2.05) is 30.3 Å². The molecule has 1 aliphatic heterocycles. The number of amides is 1. The van der Waals surface area contributed by atoms with Gasteiger partial charge in [-0.25, -0.2) is 0 Å². The number of hydrogen-bond donors (Lipinski definition) is 2. The third-order valence-electron chi connectivity index (χ3n) is 3.24. The second-order valence-electron chi connectivity index (χ2n) is 4.90. The highest BCUT2D eigenvalue weighted by Gasteiger charge is 2.25. The van der Waals surface area contributed by atoms with E-state index < -0.39 is 10.2 Å². The van der Waals surface area contributed by atoms with Crippen LogP contribution >= 0.6 is 0 Å². The average Bonchev–Trinajstić information content (AvgIpc) is 2.42. The molecule has 1 saturated heterocycles. The van der Waals surface area contributed by atoms with Crippen LogP contribution in [0.4, 0.5) is 0 Å². The van der Waals surface area contributed by atoms with E-state index in [2.05, 4.69) is 10.0 Å². The van der Waals surface area contributed by atoms with Gasteiger partial charge in [0, 0.05) is 32.6 Å². The lowest BCUT2D eigenvalue weighted by atomic mass is 10.1. The lowest BCUT2D eigenvalue weighted by Crippen LogP contribution is -2.50. The molecule has 0 bridgehead atoms. The molecular weight excluding hydrogens is 278 g/mol. The Bertz CT molecular complexity index is 549. The maximum absolute atomic E-state index is 12.2. The van der Waals surface area contributed by atoms with Crippen LogP contribution in [0.1, 0.15) is 18.4 Å². The predicted octanol–water partition coefficient (Wildman–Crippen LogP) is 0.231. The molecule has 0 aliphatic carbocycles. The quantitative estimate of drug-likeness (QED) is 0.817. The van der Waals surface area contributed by atoms with E-state index in [9.17, 15) is 13.2 Å². The minimum absolute atomic E-state index is 0.0295. The molecule has 1 aromatic carbocycles. The molecule has 1 aromatic rings. The molecule has 7 heteroatoms. The van der Waals surface area contributed by atoms with E-state index in [1.54, 1.807) is 0 Å². The standard InChI is InChI=1S/C13H19N3O3S/c1-16(10-11-5-3-2-4-6-11)20(18,19)15-12-7-8-13(17)14-9-12/h2-6,12,15H,7-10H2,1H3,(H,14,17). The second-order valence-corrected chi connectivity index (χ2v) is 6.71. The first-order valence-corrected chi connectivity index (χ1v) is 7.95. The lowest BCUT2D eigenvalue weighted by molar-refractivity contribution is -0.122. The van der Waals surface area contributed by atoms with Crippen molar-refractivity contribution in [2.75, 3.05) is 13.6 Å². The van der Waals surface area contributed by atoms with Crippen LogP contribution < -0.4 is 10.0 Å². The van der Waals surface area contributed by atoms with Gasteiger partial charge in [-0.3, -0.25) is 4.79 Å². The SMILES string of the molecule is CN(Cc1ccccc1)S(=O)(=O)NC1CCC(=O)NC1. The molecule has 2 N–H and O–H groups in total. The van der Waals surface area contributed by atoms with Gasteiger partial charge in [0.15, 0.2) is 0 Å². The Morgan fingerprint density at radius 3 is 2.65 bits per heavy atom. The van der Waals surface area contributed by atoms with Crippen LogP contribution in [0.15, 0.2) is 30.3 Å². The summed E-state index contributed by atoms with van der Waals surface area (Å²) in [5.41, 5.74) is 0.928. The maximum atomic E-state index is 12.2. The molecule has 1 unspecified atom stereocenters. The van der Waals surface area contributed by atoms with Crippen LogP contribution in [0.5, 0.6) is 0 Å². The number of nitrogens with one attached hydrogen (secondary N) is 2.